The minimum Gasteiger partial charge on any atom is -0.260 e. The number of nitrogens with zero attached hydrogens (tertiary/aromatic N) is 1. The number of hydrogen-bond acceptors (Lipinski definition) is 3. The monoisotopic (exact) mass is 265 g/mol. The first kappa shape index (κ1) is 12.7. The van der Waals surface area contributed by atoms with E-state index >= 15 is 0 Å². The molecule has 0 saturated carbocycles. The van der Waals surface area contributed by atoms with Crippen molar-refractivity contribution < 1.29 is 12.8 Å². The Labute approximate surface area is 105 Å². The van der Waals surface area contributed by atoms with Crippen molar-refractivity contribution in [2.24, 2.45) is 0 Å². The molecule has 2 rings (SSSR count). The van der Waals surface area contributed by atoms with Crippen LogP contribution < -0.4 is 0 Å². The van der Waals surface area contributed by atoms with Crippen LogP contribution in [0.4, 0.5) is 4.39 Å². The lowest BCUT2D eigenvalue weighted by molar-refractivity contribution is 0.593. The molecular weight excluding hydrogens is 253 g/mol. The molecule has 0 aliphatic rings. The van der Waals surface area contributed by atoms with E-state index in [1.54, 1.807) is 12.3 Å². The third-order valence-corrected chi connectivity index (χ3v) is 4.26. The van der Waals surface area contributed by atoms with E-state index in [2.05, 4.69) is 4.98 Å². The number of rotatable bonds is 3. The van der Waals surface area contributed by atoms with E-state index in [4.69, 9.17) is 0 Å². The van der Waals surface area contributed by atoms with Crippen LogP contribution in [0.2, 0.25) is 0 Å². The average molecular weight is 265 g/mol. The van der Waals surface area contributed by atoms with Crippen LogP contribution in [0.1, 0.15) is 11.3 Å². The molecule has 0 spiro atoms. The van der Waals surface area contributed by atoms with E-state index in [1.165, 1.54) is 12.1 Å². The Hall–Kier alpha value is -1.75. The van der Waals surface area contributed by atoms with Crippen LogP contribution in [-0.4, -0.2) is 13.4 Å². The van der Waals surface area contributed by atoms with Gasteiger partial charge in [-0.2, -0.15) is 0 Å². The molecule has 5 heteroatoms. The summed E-state index contributed by atoms with van der Waals surface area (Å²) in [5.74, 6) is -0.631. The van der Waals surface area contributed by atoms with Crippen LogP contribution in [0, 0.1) is 12.7 Å². The Morgan fingerprint density at radius 3 is 2.44 bits per heavy atom. The molecule has 0 bridgehead atoms. The molecule has 0 radical (unpaired) electrons. The first-order chi connectivity index (χ1) is 8.49. The van der Waals surface area contributed by atoms with Crippen molar-refractivity contribution in [1.29, 1.82) is 0 Å². The highest BCUT2D eigenvalue weighted by Gasteiger charge is 2.17. The first-order valence-corrected chi connectivity index (χ1v) is 7.03. The molecule has 3 nitrogen and oxygen atoms in total. The van der Waals surface area contributed by atoms with Gasteiger partial charge in [0.15, 0.2) is 9.84 Å². The van der Waals surface area contributed by atoms with Crippen LogP contribution in [0.3, 0.4) is 0 Å². The van der Waals surface area contributed by atoms with Gasteiger partial charge in [0.2, 0.25) is 0 Å². The van der Waals surface area contributed by atoms with E-state index in [-0.39, 0.29) is 10.6 Å². The minimum absolute atomic E-state index is 0.106. The summed E-state index contributed by atoms with van der Waals surface area (Å²) in [6.45, 7) is 1.81. The quantitative estimate of drug-likeness (QED) is 0.801. The van der Waals surface area contributed by atoms with E-state index < -0.39 is 15.7 Å². The summed E-state index contributed by atoms with van der Waals surface area (Å²) in [4.78, 5) is 4.16. The van der Waals surface area contributed by atoms with Crippen LogP contribution in [0.5, 0.6) is 0 Å². The lowest BCUT2D eigenvalue weighted by atomic mass is 10.2. The molecule has 0 aliphatic heterocycles. The molecule has 1 aromatic carbocycles. The molecule has 18 heavy (non-hydrogen) atoms. The van der Waals surface area contributed by atoms with E-state index in [1.807, 2.05) is 13.0 Å². The Bertz CT molecular complexity index is 651. The van der Waals surface area contributed by atoms with Gasteiger partial charge in [-0.1, -0.05) is 6.07 Å². The van der Waals surface area contributed by atoms with Gasteiger partial charge >= 0.3 is 0 Å². The Morgan fingerprint density at radius 2 is 1.83 bits per heavy atom. The highest BCUT2D eigenvalue weighted by atomic mass is 32.2. The summed E-state index contributed by atoms with van der Waals surface area (Å²) in [5.41, 5.74) is 1.34. The Morgan fingerprint density at radius 1 is 1.17 bits per heavy atom. The van der Waals surface area contributed by atoms with Crippen LogP contribution >= 0.6 is 0 Å². The Balaban J connectivity index is 2.33. The molecule has 0 atom stereocenters. The third kappa shape index (κ3) is 2.73. The smallest absolute Gasteiger partial charge is 0.184 e. The van der Waals surface area contributed by atoms with Gasteiger partial charge in [0.1, 0.15) is 5.82 Å². The van der Waals surface area contributed by atoms with Crippen molar-refractivity contribution in [1.82, 2.24) is 4.98 Å². The van der Waals surface area contributed by atoms with Gasteiger partial charge in [-0.3, -0.25) is 4.98 Å². The van der Waals surface area contributed by atoms with Crippen molar-refractivity contribution in [3.63, 3.8) is 0 Å². The SMILES string of the molecule is Cc1cccnc1CS(=O)(=O)c1ccc(F)cc1. The van der Waals surface area contributed by atoms with Crippen molar-refractivity contribution in [2.75, 3.05) is 0 Å². The van der Waals surface area contributed by atoms with E-state index in [0.717, 1.165) is 17.7 Å². The number of halogens is 1. The summed E-state index contributed by atoms with van der Waals surface area (Å²) in [5, 5.41) is 0. The fourth-order valence-electron chi connectivity index (χ4n) is 1.57. The second kappa shape index (κ2) is 4.86. The van der Waals surface area contributed by atoms with Gasteiger partial charge in [0, 0.05) is 6.20 Å². The molecule has 1 aromatic heterocycles. The second-order valence-corrected chi connectivity index (χ2v) is 5.97. The fourth-order valence-corrected chi connectivity index (χ4v) is 2.95. The van der Waals surface area contributed by atoms with Crippen LogP contribution in [0.25, 0.3) is 0 Å². The zero-order valence-electron chi connectivity index (χ0n) is 9.80. The molecule has 0 amide bonds. The number of aromatic nitrogens is 1. The summed E-state index contributed by atoms with van der Waals surface area (Å²) in [6.07, 6.45) is 1.56. The van der Waals surface area contributed by atoms with Gasteiger partial charge in [0.05, 0.1) is 16.3 Å². The maximum Gasteiger partial charge on any atom is 0.184 e. The van der Waals surface area contributed by atoms with E-state index in [0.29, 0.717) is 5.69 Å². The van der Waals surface area contributed by atoms with Crippen molar-refractivity contribution in [3.8, 4) is 0 Å². The highest BCUT2D eigenvalue weighted by molar-refractivity contribution is 7.90. The lowest BCUT2D eigenvalue weighted by Crippen LogP contribution is -2.07. The van der Waals surface area contributed by atoms with Gasteiger partial charge < -0.3 is 0 Å². The first-order valence-electron chi connectivity index (χ1n) is 5.38. The molecule has 0 N–H and O–H groups in total. The predicted octanol–water partition coefficient (Wildman–Crippen LogP) is 2.50. The van der Waals surface area contributed by atoms with Crippen molar-refractivity contribution in [2.45, 2.75) is 17.6 Å². The number of benzene rings is 1. The zero-order valence-corrected chi connectivity index (χ0v) is 10.6. The maximum absolute atomic E-state index is 12.8. The highest BCUT2D eigenvalue weighted by Crippen LogP contribution is 2.17. The van der Waals surface area contributed by atoms with Gasteiger partial charge in [0.25, 0.3) is 0 Å². The van der Waals surface area contributed by atoms with Crippen molar-refractivity contribution >= 4 is 9.84 Å². The standard InChI is InChI=1S/C13H12FNO2S/c1-10-3-2-8-15-13(10)9-18(16,17)12-6-4-11(14)5-7-12/h2-8H,9H2,1H3. The number of hydrogen-bond donors (Lipinski definition) is 0. The van der Waals surface area contributed by atoms with Crippen LogP contribution in [-0.2, 0) is 15.6 Å². The molecule has 0 fully saturated rings. The summed E-state index contributed by atoms with van der Waals surface area (Å²) in [6, 6.07) is 8.37. The number of sulfone groups is 1. The molecule has 0 aliphatic carbocycles. The molecule has 0 saturated heterocycles. The number of aryl methyl sites for hydroxylation is 1. The lowest BCUT2D eigenvalue weighted by Gasteiger charge is -2.06. The normalized spacial score (nSPS) is 11.4. The zero-order chi connectivity index (χ0) is 13.2. The second-order valence-electron chi connectivity index (χ2n) is 3.98. The van der Waals surface area contributed by atoms with Gasteiger partial charge in [-0.05, 0) is 42.8 Å². The average Bonchev–Trinajstić information content (AvgIpc) is 2.32. The fraction of sp³-hybridized carbons (Fsp3) is 0.154. The molecule has 1 heterocycles. The predicted molar refractivity (Wildman–Crippen MR) is 66.3 cm³/mol. The summed E-state index contributed by atoms with van der Waals surface area (Å²) >= 11 is 0. The Kier molecular flexibility index (Phi) is 3.43. The molecule has 2 aromatic rings. The van der Waals surface area contributed by atoms with Crippen LogP contribution in [0.15, 0.2) is 47.5 Å². The maximum atomic E-state index is 12.8. The van der Waals surface area contributed by atoms with Gasteiger partial charge in [-0.25, -0.2) is 12.8 Å². The minimum atomic E-state index is -3.48. The summed E-state index contributed by atoms with van der Waals surface area (Å²) < 4.78 is 37.0. The third-order valence-electron chi connectivity index (χ3n) is 2.62. The topological polar surface area (TPSA) is 47.0 Å². The van der Waals surface area contributed by atoms with E-state index in [9.17, 15) is 12.8 Å². The number of pyridine rings is 1. The molecule has 94 valence electrons. The largest absolute Gasteiger partial charge is 0.260 e. The molecular formula is C13H12FNO2S. The molecule has 0 unspecified atom stereocenters. The summed E-state index contributed by atoms with van der Waals surface area (Å²) in [7, 11) is -3.48. The van der Waals surface area contributed by atoms with Gasteiger partial charge in [-0.15, -0.1) is 0 Å². The van der Waals surface area contributed by atoms with Crippen molar-refractivity contribution in [3.05, 3.63) is 59.7 Å².